The van der Waals surface area contributed by atoms with Gasteiger partial charge >= 0.3 is 0 Å². The first-order valence-corrected chi connectivity index (χ1v) is 5.96. The number of hydrogen-bond acceptors (Lipinski definition) is 2. The molecule has 2 rings (SSSR count). The minimum absolute atomic E-state index is 0.203. The zero-order chi connectivity index (χ0) is 11.1. The van der Waals surface area contributed by atoms with Crippen LogP contribution in [0.5, 0.6) is 0 Å². The summed E-state index contributed by atoms with van der Waals surface area (Å²) in [6.45, 7) is 4.04. The summed E-state index contributed by atoms with van der Waals surface area (Å²) in [5.74, 6) is 1.01. The van der Waals surface area contributed by atoms with Crippen molar-refractivity contribution in [2.24, 2.45) is 5.73 Å². The summed E-state index contributed by atoms with van der Waals surface area (Å²) in [6.07, 6.45) is 9.17. The van der Waals surface area contributed by atoms with Gasteiger partial charge in [-0.25, -0.2) is 4.98 Å². The Morgan fingerprint density at radius 3 is 2.80 bits per heavy atom. The number of hydrogen-bond donors (Lipinski definition) is 1. The van der Waals surface area contributed by atoms with Crippen molar-refractivity contribution in [3.63, 3.8) is 0 Å². The van der Waals surface area contributed by atoms with E-state index in [1.54, 1.807) is 0 Å². The second-order valence-corrected chi connectivity index (χ2v) is 5.26. The third kappa shape index (κ3) is 2.31. The van der Waals surface area contributed by atoms with Crippen LogP contribution in [0.25, 0.3) is 5.70 Å². The standard InChI is InChI=1S/C11H14IN3/c1-8-14-10(12)7-15(8)9-3-5-11(2,13)6-4-9/h3-5,7H,6,13H2,1-2H3. The average molecular weight is 315 g/mol. The fourth-order valence-corrected chi connectivity index (χ4v) is 2.24. The summed E-state index contributed by atoms with van der Waals surface area (Å²) < 4.78 is 3.11. The molecule has 1 heterocycles. The van der Waals surface area contributed by atoms with Crippen LogP contribution in [-0.2, 0) is 0 Å². The maximum absolute atomic E-state index is 6.00. The number of allylic oxidation sites excluding steroid dienone is 2. The van der Waals surface area contributed by atoms with Crippen LogP contribution in [0.3, 0.4) is 0 Å². The van der Waals surface area contributed by atoms with Gasteiger partial charge in [0.2, 0.25) is 0 Å². The summed E-state index contributed by atoms with van der Waals surface area (Å²) in [5.41, 5.74) is 6.96. The predicted molar refractivity (Wildman–Crippen MR) is 70.3 cm³/mol. The number of aromatic nitrogens is 2. The number of imidazole rings is 1. The second-order valence-electron chi connectivity index (χ2n) is 4.15. The molecule has 3 nitrogen and oxygen atoms in total. The molecule has 1 atom stereocenters. The molecule has 80 valence electrons. The lowest BCUT2D eigenvalue weighted by Crippen LogP contribution is -2.34. The van der Waals surface area contributed by atoms with Crippen molar-refractivity contribution in [2.45, 2.75) is 25.8 Å². The number of halogens is 1. The second kappa shape index (κ2) is 3.75. The van der Waals surface area contributed by atoms with Crippen LogP contribution in [0.4, 0.5) is 0 Å². The number of nitrogens with zero attached hydrogens (tertiary/aromatic N) is 2. The Kier molecular flexibility index (Phi) is 2.72. The first kappa shape index (κ1) is 10.9. The molecule has 0 saturated carbocycles. The van der Waals surface area contributed by atoms with Crippen molar-refractivity contribution >= 4 is 28.3 Å². The minimum Gasteiger partial charge on any atom is -0.322 e. The van der Waals surface area contributed by atoms with E-state index in [9.17, 15) is 0 Å². The van der Waals surface area contributed by atoms with Crippen molar-refractivity contribution in [2.75, 3.05) is 0 Å². The van der Waals surface area contributed by atoms with E-state index in [4.69, 9.17) is 5.73 Å². The molecule has 0 spiro atoms. The highest BCUT2D eigenvalue weighted by atomic mass is 127. The fourth-order valence-electron chi connectivity index (χ4n) is 1.61. The number of nitrogens with two attached hydrogens (primary N) is 1. The molecule has 1 aromatic heterocycles. The zero-order valence-corrected chi connectivity index (χ0v) is 11.0. The van der Waals surface area contributed by atoms with Crippen LogP contribution in [0, 0.1) is 10.6 Å². The third-order valence-corrected chi connectivity index (χ3v) is 3.04. The molecule has 1 aliphatic rings. The summed E-state index contributed by atoms with van der Waals surface area (Å²) >= 11 is 2.22. The smallest absolute Gasteiger partial charge is 0.120 e. The molecule has 1 aromatic rings. The Labute approximate surface area is 103 Å². The van der Waals surface area contributed by atoms with Gasteiger partial charge in [-0.3, -0.25) is 0 Å². The summed E-state index contributed by atoms with van der Waals surface area (Å²) in [6, 6.07) is 0. The van der Waals surface area contributed by atoms with E-state index in [1.165, 1.54) is 0 Å². The summed E-state index contributed by atoms with van der Waals surface area (Å²) in [7, 11) is 0. The van der Waals surface area contributed by atoms with E-state index < -0.39 is 0 Å². The summed E-state index contributed by atoms with van der Waals surface area (Å²) in [5, 5.41) is 0. The highest BCUT2D eigenvalue weighted by molar-refractivity contribution is 14.1. The predicted octanol–water partition coefficient (Wildman–Crippen LogP) is 2.31. The van der Waals surface area contributed by atoms with Crippen molar-refractivity contribution in [1.29, 1.82) is 0 Å². The minimum atomic E-state index is -0.203. The highest BCUT2D eigenvalue weighted by Crippen LogP contribution is 2.22. The maximum Gasteiger partial charge on any atom is 0.120 e. The Bertz CT molecular complexity index is 441. The molecule has 0 bridgehead atoms. The van der Waals surface area contributed by atoms with E-state index >= 15 is 0 Å². The molecular formula is C11H14IN3. The van der Waals surface area contributed by atoms with E-state index in [0.717, 1.165) is 21.6 Å². The Morgan fingerprint density at radius 2 is 2.33 bits per heavy atom. The van der Waals surface area contributed by atoms with Crippen LogP contribution < -0.4 is 5.73 Å². The molecule has 4 heteroatoms. The van der Waals surface area contributed by atoms with Crippen LogP contribution in [0.2, 0.25) is 0 Å². The largest absolute Gasteiger partial charge is 0.322 e. The molecule has 0 fully saturated rings. The third-order valence-electron chi connectivity index (χ3n) is 2.52. The Hall–Kier alpha value is -0.620. The highest BCUT2D eigenvalue weighted by Gasteiger charge is 2.17. The quantitative estimate of drug-likeness (QED) is 0.808. The monoisotopic (exact) mass is 315 g/mol. The Morgan fingerprint density at radius 1 is 1.60 bits per heavy atom. The van der Waals surface area contributed by atoms with Gasteiger partial charge in [0.15, 0.2) is 0 Å². The van der Waals surface area contributed by atoms with Crippen LogP contribution >= 0.6 is 22.6 Å². The van der Waals surface area contributed by atoms with E-state index in [1.807, 2.05) is 20.0 Å². The van der Waals surface area contributed by atoms with E-state index in [2.05, 4.69) is 50.4 Å². The van der Waals surface area contributed by atoms with Crippen LogP contribution in [0.15, 0.2) is 24.4 Å². The van der Waals surface area contributed by atoms with Gasteiger partial charge in [-0.2, -0.15) is 0 Å². The lowest BCUT2D eigenvalue weighted by molar-refractivity contribution is 0.588. The van der Waals surface area contributed by atoms with Crippen molar-refractivity contribution < 1.29 is 0 Å². The van der Waals surface area contributed by atoms with E-state index in [-0.39, 0.29) is 5.54 Å². The molecule has 0 saturated heterocycles. The van der Waals surface area contributed by atoms with Gasteiger partial charge in [-0.05, 0) is 48.9 Å². The SMILES string of the molecule is Cc1nc(I)cn1C1=CCC(C)(N)C=C1. The average Bonchev–Trinajstić information content (AvgIpc) is 2.45. The van der Waals surface area contributed by atoms with Gasteiger partial charge in [-0.15, -0.1) is 0 Å². The molecule has 15 heavy (non-hydrogen) atoms. The lowest BCUT2D eigenvalue weighted by atomic mass is 9.94. The topological polar surface area (TPSA) is 43.8 Å². The molecule has 0 radical (unpaired) electrons. The van der Waals surface area contributed by atoms with Crippen molar-refractivity contribution in [1.82, 2.24) is 9.55 Å². The van der Waals surface area contributed by atoms with Crippen molar-refractivity contribution in [3.8, 4) is 0 Å². The van der Waals surface area contributed by atoms with Crippen molar-refractivity contribution in [3.05, 3.63) is 33.9 Å². The number of aryl methyl sites for hydroxylation is 1. The summed E-state index contributed by atoms with van der Waals surface area (Å²) in [4.78, 5) is 4.37. The van der Waals surface area contributed by atoms with Gasteiger partial charge in [-0.1, -0.05) is 12.2 Å². The lowest BCUT2D eigenvalue weighted by Gasteiger charge is -2.23. The van der Waals surface area contributed by atoms with Gasteiger partial charge < -0.3 is 10.3 Å². The fraction of sp³-hybridized carbons (Fsp3) is 0.364. The molecule has 1 aliphatic carbocycles. The number of rotatable bonds is 1. The zero-order valence-electron chi connectivity index (χ0n) is 8.87. The first-order valence-electron chi connectivity index (χ1n) is 4.88. The van der Waals surface area contributed by atoms with Gasteiger partial charge in [0.05, 0.1) is 0 Å². The van der Waals surface area contributed by atoms with Gasteiger partial charge in [0, 0.05) is 17.4 Å². The van der Waals surface area contributed by atoms with Crippen LogP contribution in [-0.4, -0.2) is 15.1 Å². The molecule has 0 aromatic carbocycles. The maximum atomic E-state index is 6.00. The normalized spacial score (nSPS) is 25.5. The molecule has 0 aliphatic heterocycles. The van der Waals surface area contributed by atoms with Gasteiger partial charge in [0.25, 0.3) is 0 Å². The molecule has 0 amide bonds. The first-order chi connectivity index (χ1) is 6.98. The molecule has 1 unspecified atom stereocenters. The van der Waals surface area contributed by atoms with Crippen LogP contribution in [0.1, 0.15) is 19.2 Å². The molecular weight excluding hydrogens is 301 g/mol. The van der Waals surface area contributed by atoms with E-state index in [0.29, 0.717) is 0 Å². The Balaban J connectivity index is 2.32. The van der Waals surface area contributed by atoms with Gasteiger partial charge in [0.1, 0.15) is 9.53 Å². The molecule has 2 N–H and O–H groups in total.